The van der Waals surface area contributed by atoms with Gasteiger partial charge in [0.1, 0.15) is 28.2 Å². The van der Waals surface area contributed by atoms with Crippen molar-refractivity contribution in [2.24, 2.45) is 0 Å². The first-order chi connectivity index (χ1) is 8.11. The maximum atomic E-state index is 10.5. The van der Waals surface area contributed by atoms with E-state index >= 15 is 0 Å². The Kier molecular flexibility index (Phi) is 2.97. The molecule has 6 heteroatoms. The third kappa shape index (κ3) is 2.21. The van der Waals surface area contributed by atoms with Crippen LogP contribution in [0.4, 0.5) is 5.88 Å². The molecule has 17 heavy (non-hydrogen) atoms. The Balaban J connectivity index is 2.31. The van der Waals surface area contributed by atoms with Crippen LogP contribution in [-0.2, 0) is 0 Å². The van der Waals surface area contributed by atoms with Crippen molar-refractivity contribution in [3.05, 3.63) is 51.7 Å². The zero-order valence-electron chi connectivity index (χ0n) is 9.47. The molecule has 0 bridgehead atoms. The van der Waals surface area contributed by atoms with Crippen molar-refractivity contribution in [1.29, 1.82) is 0 Å². The summed E-state index contributed by atoms with van der Waals surface area (Å²) in [5, 5.41) is 13.5. The van der Waals surface area contributed by atoms with Crippen LogP contribution in [-0.4, -0.2) is 12.0 Å². The highest BCUT2D eigenvalue weighted by Crippen LogP contribution is 2.27. The number of hydrogen-bond donors (Lipinski definition) is 1. The summed E-state index contributed by atoms with van der Waals surface area (Å²) in [4.78, 5) is 9.97. The molecule has 6 nitrogen and oxygen atoms in total. The number of nitro groups is 1. The van der Waals surface area contributed by atoms with E-state index in [4.69, 9.17) is 8.83 Å². The zero-order valence-corrected chi connectivity index (χ0v) is 9.47. The first-order valence-corrected chi connectivity index (χ1v) is 5.09. The molecule has 1 atom stereocenters. The largest absolute Gasteiger partial charge is 0.464 e. The third-order valence-electron chi connectivity index (χ3n) is 2.41. The second-order valence-corrected chi connectivity index (χ2v) is 3.60. The average molecular weight is 236 g/mol. The summed E-state index contributed by atoms with van der Waals surface area (Å²) in [5.41, 5.74) is 0. The van der Waals surface area contributed by atoms with Gasteiger partial charge in [-0.05, 0) is 32.2 Å². The number of nitrogens with zero attached hydrogens (tertiary/aromatic N) is 1. The summed E-state index contributed by atoms with van der Waals surface area (Å²) >= 11 is 0. The Labute approximate surface area is 97.4 Å². The fourth-order valence-corrected chi connectivity index (χ4v) is 1.63. The highest BCUT2D eigenvalue weighted by Gasteiger charge is 2.22. The highest BCUT2D eigenvalue weighted by molar-refractivity contribution is 5.25. The van der Waals surface area contributed by atoms with Gasteiger partial charge < -0.3 is 14.2 Å². The fraction of sp³-hybridized carbons (Fsp3) is 0.273. The predicted octanol–water partition coefficient (Wildman–Crippen LogP) is 2.40. The molecule has 2 heterocycles. The lowest BCUT2D eigenvalue weighted by Gasteiger charge is -2.09. The molecule has 0 fully saturated rings. The molecule has 1 unspecified atom stereocenters. The van der Waals surface area contributed by atoms with Crippen LogP contribution in [0.3, 0.4) is 0 Å². The molecule has 1 N–H and O–H groups in total. The second-order valence-electron chi connectivity index (χ2n) is 3.60. The molecular formula is C11H12N2O4. The molecule has 2 rings (SSSR count). The van der Waals surface area contributed by atoms with E-state index in [9.17, 15) is 10.1 Å². The maximum Gasteiger partial charge on any atom is 0.433 e. The van der Waals surface area contributed by atoms with Crippen LogP contribution in [0.15, 0.2) is 33.1 Å². The molecule has 0 saturated heterocycles. The van der Waals surface area contributed by atoms with Gasteiger partial charge >= 0.3 is 5.88 Å². The van der Waals surface area contributed by atoms with Crippen LogP contribution in [0.5, 0.6) is 0 Å². The number of hydrogen-bond acceptors (Lipinski definition) is 5. The summed E-state index contributed by atoms with van der Waals surface area (Å²) in [6.07, 6.45) is 0. The molecule has 0 radical (unpaired) electrons. The molecule has 0 aliphatic rings. The normalized spacial score (nSPS) is 12.6. The van der Waals surface area contributed by atoms with Gasteiger partial charge in [-0.15, -0.1) is 0 Å². The Hall–Kier alpha value is -2.08. The predicted molar refractivity (Wildman–Crippen MR) is 59.7 cm³/mol. The van der Waals surface area contributed by atoms with Crippen LogP contribution in [0, 0.1) is 17.0 Å². The summed E-state index contributed by atoms with van der Waals surface area (Å²) in [6.45, 7) is 1.83. The van der Waals surface area contributed by atoms with Crippen LogP contribution in [0.1, 0.15) is 23.3 Å². The Morgan fingerprint density at radius 1 is 1.24 bits per heavy atom. The van der Waals surface area contributed by atoms with E-state index in [1.165, 1.54) is 6.07 Å². The lowest BCUT2D eigenvalue weighted by molar-refractivity contribution is -0.402. The summed E-state index contributed by atoms with van der Waals surface area (Å²) < 4.78 is 10.6. The Bertz CT molecular complexity index is 529. The first kappa shape index (κ1) is 11.4. The Morgan fingerprint density at radius 2 is 1.88 bits per heavy atom. The van der Waals surface area contributed by atoms with E-state index in [2.05, 4.69) is 5.32 Å². The number of furan rings is 2. The molecule has 0 aliphatic carbocycles. The van der Waals surface area contributed by atoms with Crippen LogP contribution >= 0.6 is 0 Å². The van der Waals surface area contributed by atoms with Crippen LogP contribution in [0.25, 0.3) is 0 Å². The van der Waals surface area contributed by atoms with Crippen molar-refractivity contribution in [3.63, 3.8) is 0 Å². The first-order valence-electron chi connectivity index (χ1n) is 5.09. The van der Waals surface area contributed by atoms with Gasteiger partial charge in [-0.25, -0.2) is 0 Å². The van der Waals surface area contributed by atoms with Crippen molar-refractivity contribution >= 4 is 5.88 Å². The van der Waals surface area contributed by atoms with Gasteiger partial charge in [-0.2, -0.15) is 0 Å². The minimum Gasteiger partial charge on any atom is -0.464 e. The molecular weight excluding hydrogens is 224 g/mol. The maximum absolute atomic E-state index is 10.5. The van der Waals surface area contributed by atoms with Crippen molar-refractivity contribution in [1.82, 2.24) is 5.32 Å². The van der Waals surface area contributed by atoms with Gasteiger partial charge in [-0.3, -0.25) is 10.1 Å². The molecule has 0 saturated carbocycles. The number of nitrogens with one attached hydrogen (secondary N) is 1. The molecule has 0 aromatic carbocycles. The van der Waals surface area contributed by atoms with E-state index in [1.54, 1.807) is 13.1 Å². The van der Waals surface area contributed by atoms with Crippen molar-refractivity contribution in [2.45, 2.75) is 13.0 Å². The Morgan fingerprint density at radius 3 is 2.35 bits per heavy atom. The molecule has 0 spiro atoms. The van der Waals surface area contributed by atoms with Gasteiger partial charge in [0.05, 0.1) is 6.07 Å². The van der Waals surface area contributed by atoms with E-state index in [0.717, 1.165) is 5.76 Å². The van der Waals surface area contributed by atoms with Gasteiger partial charge in [0.2, 0.25) is 0 Å². The summed E-state index contributed by atoms with van der Waals surface area (Å²) in [5.74, 6) is 1.62. The standard InChI is InChI=1S/C11H12N2O4/c1-7-3-4-8(16-7)11(12-2)9-5-6-10(17-9)13(14)15/h3-6,11-12H,1-2H3. The molecule has 90 valence electrons. The van der Waals surface area contributed by atoms with Gasteiger partial charge in [0.15, 0.2) is 0 Å². The quantitative estimate of drug-likeness (QED) is 0.651. The van der Waals surface area contributed by atoms with Crippen molar-refractivity contribution in [3.8, 4) is 0 Å². The van der Waals surface area contributed by atoms with Crippen LogP contribution < -0.4 is 5.32 Å². The smallest absolute Gasteiger partial charge is 0.433 e. The average Bonchev–Trinajstić information content (AvgIpc) is 2.89. The van der Waals surface area contributed by atoms with Crippen molar-refractivity contribution in [2.75, 3.05) is 7.05 Å². The molecule has 2 aromatic heterocycles. The number of aryl methyl sites for hydroxylation is 1. The molecule has 0 amide bonds. The topological polar surface area (TPSA) is 81.5 Å². The lowest BCUT2D eigenvalue weighted by atomic mass is 10.2. The third-order valence-corrected chi connectivity index (χ3v) is 2.41. The minimum absolute atomic E-state index is 0.275. The fourth-order valence-electron chi connectivity index (χ4n) is 1.63. The zero-order chi connectivity index (χ0) is 12.4. The highest BCUT2D eigenvalue weighted by atomic mass is 16.6. The van der Waals surface area contributed by atoms with E-state index in [1.807, 2.05) is 19.1 Å². The number of rotatable bonds is 4. The molecule has 2 aromatic rings. The monoisotopic (exact) mass is 236 g/mol. The summed E-state index contributed by atoms with van der Waals surface area (Å²) in [7, 11) is 1.73. The SMILES string of the molecule is CNC(c1ccc(C)o1)c1ccc([N+](=O)[O-])o1. The second kappa shape index (κ2) is 4.42. The van der Waals surface area contributed by atoms with Crippen LogP contribution in [0.2, 0.25) is 0 Å². The van der Waals surface area contributed by atoms with E-state index < -0.39 is 4.92 Å². The van der Waals surface area contributed by atoms with Gasteiger partial charge in [0, 0.05) is 0 Å². The van der Waals surface area contributed by atoms with Crippen molar-refractivity contribution < 1.29 is 13.8 Å². The van der Waals surface area contributed by atoms with Gasteiger partial charge in [0.25, 0.3) is 0 Å². The van der Waals surface area contributed by atoms with E-state index in [-0.39, 0.29) is 11.9 Å². The van der Waals surface area contributed by atoms with Gasteiger partial charge in [-0.1, -0.05) is 0 Å². The molecule has 0 aliphatic heterocycles. The summed E-state index contributed by atoms with van der Waals surface area (Å²) in [6, 6.07) is 6.21. The lowest BCUT2D eigenvalue weighted by Crippen LogP contribution is -2.16. The minimum atomic E-state index is -0.566. The van der Waals surface area contributed by atoms with E-state index in [0.29, 0.717) is 11.5 Å².